The number of carboxylic acid groups (broad SMARTS) is 1. The molecule has 142 valence electrons. The van der Waals surface area contributed by atoms with Crippen molar-refractivity contribution in [2.75, 3.05) is 20.2 Å². The highest BCUT2D eigenvalue weighted by Crippen LogP contribution is 2.44. The molecule has 0 aliphatic heterocycles. The molecular formula is C22H25NO4. The molecule has 0 saturated heterocycles. The maximum absolute atomic E-state index is 12.8. The van der Waals surface area contributed by atoms with Crippen molar-refractivity contribution in [3.63, 3.8) is 0 Å². The van der Waals surface area contributed by atoms with Gasteiger partial charge in [-0.2, -0.15) is 0 Å². The van der Waals surface area contributed by atoms with Gasteiger partial charge in [-0.05, 0) is 35.7 Å². The summed E-state index contributed by atoms with van der Waals surface area (Å²) >= 11 is 0. The smallest absolute Gasteiger partial charge is 0.324 e. The van der Waals surface area contributed by atoms with Crippen LogP contribution in [0.4, 0.5) is 0 Å². The summed E-state index contributed by atoms with van der Waals surface area (Å²) in [7, 11) is 1.64. The average Bonchev–Trinajstić information content (AvgIpc) is 2.99. The third-order valence-corrected chi connectivity index (χ3v) is 5.30. The summed E-state index contributed by atoms with van der Waals surface area (Å²) in [5.41, 5.74) is 2.94. The number of nitrogens with one attached hydrogen (secondary N) is 1. The molecule has 0 amide bonds. The van der Waals surface area contributed by atoms with E-state index in [2.05, 4.69) is 17.4 Å². The Bertz CT molecular complexity index is 794. The normalized spacial score (nSPS) is 14.9. The van der Waals surface area contributed by atoms with E-state index in [4.69, 9.17) is 4.74 Å². The standard InChI is InChI=1S/C22H25NO4/c1-3-12-22(14-23-2,20(24)25)21(26)27-13-19-17-10-6-4-8-15(17)16-9-5-7-11-18(16)19/h4-11,19,23H,3,12-14H2,1-2H3,(H,24,25)/t22-/m0/s1. The minimum atomic E-state index is -1.55. The fourth-order valence-electron chi connectivity index (χ4n) is 4.00. The third kappa shape index (κ3) is 3.35. The predicted molar refractivity (Wildman–Crippen MR) is 104 cm³/mol. The first kappa shape index (κ1) is 19.1. The lowest BCUT2D eigenvalue weighted by atomic mass is 9.83. The Morgan fingerprint density at radius 3 is 2.11 bits per heavy atom. The molecule has 0 fully saturated rings. The molecule has 2 aromatic rings. The van der Waals surface area contributed by atoms with Gasteiger partial charge in [0.1, 0.15) is 6.61 Å². The van der Waals surface area contributed by atoms with Crippen LogP contribution in [-0.2, 0) is 14.3 Å². The van der Waals surface area contributed by atoms with Gasteiger partial charge in [0, 0.05) is 12.5 Å². The molecule has 3 rings (SSSR count). The van der Waals surface area contributed by atoms with Gasteiger partial charge in [-0.3, -0.25) is 9.59 Å². The van der Waals surface area contributed by atoms with Gasteiger partial charge in [-0.1, -0.05) is 61.9 Å². The van der Waals surface area contributed by atoms with E-state index in [1.54, 1.807) is 7.05 Å². The Hall–Kier alpha value is -2.66. The molecule has 0 heterocycles. The Balaban J connectivity index is 1.85. The van der Waals surface area contributed by atoms with Gasteiger partial charge in [0.25, 0.3) is 0 Å². The minimum absolute atomic E-state index is 0.0485. The van der Waals surface area contributed by atoms with Gasteiger partial charge in [-0.15, -0.1) is 0 Å². The maximum Gasteiger partial charge on any atom is 0.324 e. The van der Waals surface area contributed by atoms with Crippen LogP contribution in [0, 0.1) is 5.41 Å². The van der Waals surface area contributed by atoms with Crippen molar-refractivity contribution in [3.8, 4) is 11.1 Å². The summed E-state index contributed by atoms with van der Waals surface area (Å²) in [6.07, 6.45) is 0.817. The topological polar surface area (TPSA) is 75.6 Å². The summed E-state index contributed by atoms with van der Waals surface area (Å²) in [5, 5.41) is 12.6. The van der Waals surface area contributed by atoms with E-state index in [-0.39, 0.29) is 25.5 Å². The van der Waals surface area contributed by atoms with Crippen LogP contribution in [0.15, 0.2) is 48.5 Å². The average molecular weight is 367 g/mol. The zero-order valence-electron chi connectivity index (χ0n) is 15.7. The number of benzene rings is 2. The Labute approximate surface area is 159 Å². The largest absolute Gasteiger partial charge is 0.480 e. The molecule has 5 nitrogen and oxygen atoms in total. The Morgan fingerprint density at radius 2 is 1.63 bits per heavy atom. The minimum Gasteiger partial charge on any atom is -0.480 e. The highest BCUT2D eigenvalue weighted by atomic mass is 16.5. The zero-order chi connectivity index (χ0) is 19.4. The number of hydrogen-bond donors (Lipinski definition) is 2. The second kappa shape index (κ2) is 7.92. The molecular weight excluding hydrogens is 342 g/mol. The lowest BCUT2D eigenvalue weighted by molar-refractivity contribution is -0.169. The lowest BCUT2D eigenvalue weighted by Gasteiger charge is -2.27. The number of rotatable bonds is 8. The van der Waals surface area contributed by atoms with Crippen LogP contribution in [0.2, 0.25) is 0 Å². The van der Waals surface area contributed by atoms with E-state index < -0.39 is 17.4 Å². The van der Waals surface area contributed by atoms with E-state index in [1.165, 1.54) is 0 Å². The second-order valence-electron chi connectivity index (χ2n) is 6.99. The van der Waals surface area contributed by atoms with Crippen molar-refractivity contribution in [1.82, 2.24) is 5.32 Å². The molecule has 1 atom stereocenters. The summed E-state index contributed by atoms with van der Waals surface area (Å²) in [5.74, 6) is -1.90. The molecule has 0 spiro atoms. The van der Waals surface area contributed by atoms with Crippen molar-refractivity contribution in [2.24, 2.45) is 5.41 Å². The molecule has 0 aromatic heterocycles. The Morgan fingerprint density at radius 1 is 1.07 bits per heavy atom. The van der Waals surface area contributed by atoms with Crippen LogP contribution in [0.1, 0.15) is 36.8 Å². The number of aliphatic carboxylic acids is 1. The van der Waals surface area contributed by atoms with Crippen LogP contribution < -0.4 is 5.32 Å². The van der Waals surface area contributed by atoms with Crippen LogP contribution in [0.25, 0.3) is 11.1 Å². The van der Waals surface area contributed by atoms with Crippen LogP contribution >= 0.6 is 0 Å². The Kier molecular flexibility index (Phi) is 5.61. The highest BCUT2D eigenvalue weighted by molar-refractivity contribution is 5.99. The van der Waals surface area contributed by atoms with Crippen LogP contribution in [0.3, 0.4) is 0 Å². The number of ether oxygens (including phenoxy) is 1. The van der Waals surface area contributed by atoms with Crippen molar-refractivity contribution < 1.29 is 19.4 Å². The SMILES string of the molecule is CCC[C@](CNC)(C(=O)O)C(=O)OCC1c2ccccc2-c2ccccc21. The van der Waals surface area contributed by atoms with Crippen molar-refractivity contribution in [1.29, 1.82) is 0 Å². The maximum atomic E-state index is 12.8. The molecule has 2 N–H and O–H groups in total. The third-order valence-electron chi connectivity index (χ3n) is 5.30. The first-order chi connectivity index (χ1) is 13.0. The molecule has 0 unspecified atom stereocenters. The fourth-order valence-corrected chi connectivity index (χ4v) is 4.00. The highest BCUT2D eigenvalue weighted by Gasteiger charge is 2.47. The van der Waals surface area contributed by atoms with E-state index in [9.17, 15) is 14.7 Å². The van der Waals surface area contributed by atoms with Gasteiger partial charge < -0.3 is 15.2 Å². The molecule has 5 heteroatoms. The van der Waals surface area contributed by atoms with Gasteiger partial charge in [0.15, 0.2) is 5.41 Å². The van der Waals surface area contributed by atoms with E-state index in [0.29, 0.717) is 6.42 Å². The van der Waals surface area contributed by atoms with E-state index in [1.807, 2.05) is 43.3 Å². The number of carboxylic acids is 1. The van der Waals surface area contributed by atoms with Gasteiger partial charge in [0.2, 0.25) is 0 Å². The number of carbonyl (C=O) groups excluding carboxylic acids is 1. The molecule has 0 bridgehead atoms. The van der Waals surface area contributed by atoms with Crippen LogP contribution in [0.5, 0.6) is 0 Å². The monoisotopic (exact) mass is 367 g/mol. The van der Waals surface area contributed by atoms with Crippen molar-refractivity contribution in [3.05, 3.63) is 59.7 Å². The quantitative estimate of drug-likeness (QED) is 0.552. The van der Waals surface area contributed by atoms with Crippen molar-refractivity contribution >= 4 is 11.9 Å². The molecule has 2 aromatic carbocycles. The molecule has 27 heavy (non-hydrogen) atoms. The number of carbonyl (C=O) groups is 2. The molecule has 0 saturated carbocycles. The van der Waals surface area contributed by atoms with E-state index in [0.717, 1.165) is 22.3 Å². The fraction of sp³-hybridized carbons (Fsp3) is 0.364. The number of fused-ring (bicyclic) bond motifs is 3. The first-order valence-corrected chi connectivity index (χ1v) is 9.28. The lowest BCUT2D eigenvalue weighted by Crippen LogP contribution is -2.47. The zero-order valence-corrected chi connectivity index (χ0v) is 15.7. The summed E-state index contributed by atoms with van der Waals surface area (Å²) in [4.78, 5) is 24.7. The summed E-state index contributed by atoms with van der Waals surface area (Å²) in [6.45, 7) is 2.05. The molecule has 1 aliphatic carbocycles. The van der Waals surface area contributed by atoms with Crippen LogP contribution in [-0.4, -0.2) is 37.2 Å². The summed E-state index contributed by atoms with van der Waals surface area (Å²) in [6, 6.07) is 16.1. The van der Waals surface area contributed by atoms with Crippen molar-refractivity contribution in [2.45, 2.75) is 25.7 Å². The number of hydrogen-bond acceptors (Lipinski definition) is 4. The molecule has 0 radical (unpaired) electrons. The molecule has 1 aliphatic rings. The second-order valence-corrected chi connectivity index (χ2v) is 6.99. The van der Waals surface area contributed by atoms with Gasteiger partial charge in [0.05, 0.1) is 0 Å². The van der Waals surface area contributed by atoms with Gasteiger partial charge >= 0.3 is 11.9 Å². The summed E-state index contributed by atoms with van der Waals surface area (Å²) < 4.78 is 5.61. The number of esters is 1. The first-order valence-electron chi connectivity index (χ1n) is 9.28. The van der Waals surface area contributed by atoms with Gasteiger partial charge in [-0.25, -0.2) is 0 Å². The van der Waals surface area contributed by atoms with E-state index >= 15 is 0 Å². The predicted octanol–water partition coefficient (Wildman–Crippen LogP) is 3.43.